The molecule has 0 aromatic heterocycles. The van der Waals surface area contributed by atoms with Crippen molar-refractivity contribution < 1.29 is 9.53 Å². The fourth-order valence-electron chi connectivity index (χ4n) is 1.55. The molecule has 1 heterocycles. The number of rotatable bonds is 5. The minimum atomic E-state index is 0.254. The molecule has 0 spiro atoms. The van der Waals surface area contributed by atoms with Crippen LogP contribution in [0.2, 0.25) is 0 Å². The molecule has 4 heteroatoms. The Bertz CT molecular complexity index is 173. The third-order valence-corrected chi connectivity index (χ3v) is 2.18. The quantitative estimate of drug-likeness (QED) is 0.606. The molecule has 1 unspecified atom stereocenters. The van der Waals surface area contributed by atoms with Crippen LogP contribution in [0.4, 0.5) is 0 Å². The lowest BCUT2D eigenvalue weighted by molar-refractivity contribution is -0.128. The molecular weight excluding hydrogens is 168 g/mol. The van der Waals surface area contributed by atoms with Gasteiger partial charge in [0.25, 0.3) is 0 Å². The van der Waals surface area contributed by atoms with E-state index in [4.69, 9.17) is 10.5 Å². The summed E-state index contributed by atoms with van der Waals surface area (Å²) in [6, 6.07) is 0. The van der Waals surface area contributed by atoms with Crippen LogP contribution in [-0.2, 0) is 9.53 Å². The smallest absolute Gasteiger partial charge is 0.222 e. The largest absolute Gasteiger partial charge is 0.378 e. The van der Waals surface area contributed by atoms with Crippen LogP contribution in [0.1, 0.15) is 13.3 Å². The first kappa shape index (κ1) is 10.5. The van der Waals surface area contributed by atoms with Gasteiger partial charge in [-0.25, -0.2) is 0 Å². The molecule has 0 bridgehead atoms. The van der Waals surface area contributed by atoms with E-state index in [-0.39, 0.29) is 5.91 Å². The molecule has 1 saturated heterocycles. The molecule has 1 rings (SSSR count). The van der Waals surface area contributed by atoms with Gasteiger partial charge in [0, 0.05) is 26.1 Å². The van der Waals surface area contributed by atoms with Gasteiger partial charge in [0.2, 0.25) is 5.91 Å². The summed E-state index contributed by atoms with van der Waals surface area (Å²) in [5, 5.41) is 0. The fourth-order valence-corrected chi connectivity index (χ4v) is 1.55. The normalized spacial score (nSPS) is 22.8. The highest BCUT2D eigenvalue weighted by molar-refractivity contribution is 5.78. The highest BCUT2D eigenvalue weighted by Gasteiger charge is 2.25. The molecule has 13 heavy (non-hydrogen) atoms. The van der Waals surface area contributed by atoms with E-state index in [1.807, 2.05) is 4.90 Å². The number of ether oxygens (including phenoxy) is 1. The van der Waals surface area contributed by atoms with E-state index in [1.165, 1.54) is 0 Å². The van der Waals surface area contributed by atoms with Crippen LogP contribution in [0.3, 0.4) is 0 Å². The molecule has 0 aromatic rings. The Morgan fingerprint density at radius 1 is 1.62 bits per heavy atom. The SMILES string of the molecule is CC1CC(=O)N(CCOCCN)C1. The van der Waals surface area contributed by atoms with Gasteiger partial charge in [-0.15, -0.1) is 0 Å². The van der Waals surface area contributed by atoms with Crippen molar-refractivity contribution in [1.29, 1.82) is 0 Å². The predicted molar refractivity (Wildman–Crippen MR) is 50.2 cm³/mol. The molecule has 1 fully saturated rings. The van der Waals surface area contributed by atoms with Crippen LogP contribution in [0, 0.1) is 5.92 Å². The molecule has 1 aliphatic rings. The predicted octanol–water partition coefficient (Wildman–Crippen LogP) is -0.170. The lowest BCUT2D eigenvalue weighted by atomic mass is 10.2. The third kappa shape index (κ3) is 3.32. The van der Waals surface area contributed by atoms with Gasteiger partial charge in [-0.2, -0.15) is 0 Å². The standard InChI is InChI=1S/C9H18N2O2/c1-8-6-9(12)11(7-8)3-5-13-4-2-10/h8H,2-7,10H2,1H3. The molecule has 1 aliphatic heterocycles. The van der Waals surface area contributed by atoms with Crippen molar-refractivity contribution in [3.8, 4) is 0 Å². The van der Waals surface area contributed by atoms with Gasteiger partial charge in [-0.1, -0.05) is 6.92 Å². The molecule has 1 amide bonds. The van der Waals surface area contributed by atoms with E-state index in [0.29, 0.717) is 38.6 Å². The van der Waals surface area contributed by atoms with E-state index in [9.17, 15) is 4.79 Å². The highest BCUT2D eigenvalue weighted by Crippen LogP contribution is 2.15. The maximum Gasteiger partial charge on any atom is 0.222 e. The molecule has 0 aliphatic carbocycles. The van der Waals surface area contributed by atoms with Crippen LogP contribution >= 0.6 is 0 Å². The van der Waals surface area contributed by atoms with Crippen LogP contribution in [0.25, 0.3) is 0 Å². The zero-order valence-corrected chi connectivity index (χ0v) is 8.16. The Morgan fingerprint density at radius 3 is 2.92 bits per heavy atom. The number of amides is 1. The molecule has 2 N–H and O–H groups in total. The van der Waals surface area contributed by atoms with Crippen molar-refractivity contribution in [3.63, 3.8) is 0 Å². The lowest BCUT2D eigenvalue weighted by Gasteiger charge is -2.15. The first-order chi connectivity index (χ1) is 6.24. The van der Waals surface area contributed by atoms with E-state index in [0.717, 1.165) is 6.54 Å². The maximum atomic E-state index is 11.3. The summed E-state index contributed by atoms with van der Waals surface area (Å²) < 4.78 is 5.21. The van der Waals surface area contributed by atoms with Gasteiger partial charge in [-0.05, 0) is 5.92 Å². The fraction of sp³-hybridized carbons (Fsp3) is 0.889. The summed E-state index contributed by atoms with van der Waals surface area (Å²) in [4.78, 5) is 13.2. The number of carbonyl (C=O) groups excluding carboxylic acids is 1. The number of hydrogen-bond donors (Lipinski definition) is 1. The van der Waals surface area contributed by atoms with Crippen molar-refractivity contribution in [2.75, 3.05) is 32.8 Å². The topological polar surface area (TPSA) is 55.6 Å². The average Bonchev–Trinajstić information content (AvgIpc) is 2.39. The van der Waals surface area contributed by atoms with Crippen LogP contribution < -0.4 is 5.73 Å². The summed E-state index contributed by atoms with van der Waals surface area (Å²) >= 11 is 0. The minimum Gasteiger partial charge on any atom is -0.378 e. The Labute approximate surface area is 79.0 Å². The van der Waals surface area contributed by atoms with Crippen molar-refractivity contribution in [2.24, 2.45) is 11.7 Å². The lowest BCUT2D eigenvalue weighted by Crippen LogP contribution is -2.29. The second kappa shape index (κ2) is 5.19. The second-order valence-electron chi connectivity index (χ2n) is 3.55. The number of nitrogens with zero attached hydrogens (tertiary/aromatic N) is 1. The summed E-state index contributed by atoms with van der Waals surface area (Å²) in [7, 11) is 0. The van der Waals surface area contributed by atoms with Gasteiger partial charge < -0.3 is 15.4 Å². The Hall–Kier alpha value is -0.610. The van der Waals surface area contributed by atoms with E-state index in [1.54, 1.807) is 0 Å². The summed E-state index contributed by atoms with van der Waals surface area (Å²) in [6.45, 7) is 5.42. The molecule has 0 saturated carbocycles. The van der Waals surface area contributed by atoms with Gasteiger partial charge in [0.1, 0.15) is 0 Å². The molecular formula is C9H18N2O2. The molecule has 0 radical (unpaired) electrons. The summed E-state index contributed by atoms with van der Waals surface area (Å²) in [5.41, 5.74) is 5.27. The number of likely N-dealkylation sites (tertiary alicyclic amines) is 1. The number of hydrogen-bond acceptors (Lipinski definition) is 3. The Morgan fingerprint density at radius 2 is 2.38 bits per heavy atom. The van der Waals surface area contributed by atoms with E-state index < -0.39 is 0 Å². The number of nitrogens with two attached hydrogens (primary N) is 1. The third-order valence-electron chi connectivity index (χ3n) is 2.18. The van der Waals surface area contributed by atoms with Crippen LogP contribution in [-0.4, -0.2) is 43.7 Å². The van der Waals surface area contributed by atoms with Crippen molar-refractivity contribution in [2.45, 2.75) is 13.3 Å². The van der Waals surface area contributed by atoms with Gasteiger partial charge in [0.15, 0.2) is 0 Å². The van der Waals surface area contributed by atoms with Crippen LogP contribution in [0.15, 0.2) is 0 Å². The first-order valence-corrected chi connectivity index (χ1v) is 4.79. The maximum absolute atomic E-state index is 11.3. The van der Waals surface area contributed by atoms with E-state index in [2.05, 4.69) is 6.92 Å². The van der Waals surface area contributed by atoms with Gasteiger partial charge in [-0.3, -0.25) is 4.79 Å². The number of carbonyl (C=O) groups is 1. The Kier molecular flexibility index (Phi) is 4.18. The van der Waals surface area contributed by atoms with Gasteiger partial charge >= 0.3 is 0 Å². The highest BCUT2D eigenvalue weighted by atomic mass is 16.5. The summed E-state index contributed by atoms with van der Waals surface area (Å²) in [6.07, 6.45) is 0.691. The van der Waals surface area contributed by atoms with Gasteiger partial charge in [0.05, 0.1) is 13.2 Å². The average molecular weight is 186 g/mol. The monoisotopic (exact) mass is 186 g/mol. The van der Waals surface area contributed by atoms with Crippen molar-refractivity contribution in [1.82, 2.24) is 4.90 Å². The van der Waals surface area contributed by atoms with Crippen molar-refractivity contribution >= 4 is 5.91 Å². The molecule has 4 nitrogen and oxygen atoms in total. The summed E-state index contributed by atoms with van der Waals surface area (Å²) in [5.74, 6) is 0.755. The zero-order valence-electron chi connectivity index (χ0n) is 8.16. The van der Waals surface area contributed by atoms with Crippen LogP contribution in [0.5, 0.6) is 0 Å². The molecule has 0 aromatic carbocycles. The second-order valence-corrected chi connectivity index (χ2v) is 3.55. The molecule has 76 valence electrons. The Balaban J connectivity index is 2.11. The van der Waals surface area contributed by atoms with E-state index >= 15 is 0 Å². The first-order valence-electron chi connectivity index (χ1n) is 4.79. The van der Waals surface area contributed by atoms with Crippen molar-refractivity contribution in [3.05, 3.63) is 0 Å². The minimum absolute atomic E-state index is 0.254. The zero-order chi connectivity index (χ0) is 9.68. The molecule has 1 atom stereocenters.